The Kier molecular flexibility index (Phi) is 5.42. The average Bonchev–Trinajstić information content (AvgIpc) is 3.41. The maximum absolute atomic E-state index is 13.9. The first-order valence-electron chi connectivity index (χ1n) is 12.3. The number of nitrogens with zero attached hydrogens (tertiary/aromatic N) is 1. The van der Waals surface area contributed by atoms with Crippen LogP contribution in [-0.2, 0) is 6.54 Å². The third kappa shape index (κ3) is 3.40. The van der Waals surface area contributed by atoms with Crippen molar-refractivity contribution in [1.29, 1.82) is 0 Å². The third-order valence-corrected chi connectivity index (χ3v) is 8.80. The number of fused-ring (bicyclic) bond motifs is 3. The normalized spacial score (nSPS) is 25.0. The Morgan fingerprint density at radius 1 is 1.09 bits per heavy atom. The minimum absolute atomic E-state index is 0.0242. The number of hydrogen-bond acceptors (Lipinski definition) is 3. The highest BCUT2D eigenvalue weighted by Gasteiger charge is 2.59. The van der Waals surface area contributed by atoms with E-state index < -0.39 is 0 Å². The number of benzene rings is 2. The van der Waals surface area contributed by atoms with Gasteiger partial charge in [0.2, 0.25) is 0 Å². The average molecular weight is 461 g/mol. The van der Waals surface area contributed by atoms with Gasteiger partial charge >= 0.3 is 0 Å². The number of methoxy groups -OCH3 is 2. The molecule has 3 unspecified atom stereocenters. The van der Waals surface area contributed by atoms with E-state index in [-0.39, 0.29) is 22.8 Å². The molecule has 2 aromatic carbocycles. The first-order valence-corrected chi connectivity index (χ1v) is 12.3. The number of carbonyl (C=O) groups is 1. The first kappa shape index (κ1) is 22.8. The molecule has 2 fully saturated rings. The molecule has 180 valence electrons. The highest BCUT2D eigenvalue weighted by atomic mass is 16.5. The predicted molar refractivity (Wildman–Crippen MR) is 136 cm³/mol. The Bertz CT molecular complexity index is 1240. The molecule has 0 spiro atoms. The number of hydrogen-bond donors (Lipinski definition) is 1. The van der Waals surface area contributed by atoms with Gasteiger partial charge in [-0.05, 0) is 66.7 Å². The van der Waals surface area contributed by atoms with E-state index in [4.69, 9.17) is 9.47 Å². The van der Waals surface area contributed by atoms with Crippen molar-refractivity contribution < 1.29 is 14.3 Å². The molecule has 3 aromatic rings. The van der Waals surface area contributed by atoms with Crippen LogP contribution in [0.5, 0.6) is 11.5 Å². The number of para-hydroxylation sites is 1. The van der Waals surface area contributed by atoms with Gasteiger partial charge in [-0.25, -0.2) is 0 Å². The standard InChI is InChI=1S/C29H36N2O3/c1-18-24(26(32)30-27-28(2,3)20-14-15-29(27,4)16-20)22-8-7-9-23(34-6)25(22)31(18)17-19-10-12-21(33-5)13-11-19/h7-13,20,27H,14-17H2,1-6H3,(H,30,32). The summed E-state index contributed by atoms with van der Waals surface area (Å²) in [6.07, 6.45) is 3.67. The smallest absolute Gasteiger partial charge is 0.253 e. The summed E-state index contributed by atoms with van der Waals surface area (Å²) in [5.41, 5.74) is 4.10. The molecule has 1 amide bonds. The fourth-order valence-corrected chi connectivity index (χ4v) is 6.93. The van der Waals surface area contributed by atoms with Gasteiger partial charge in [-0.15, -0.1) is 0 Å². The first-order chi connectivity index (χ1) is 16.2. The van der Waals surface area contributed by atoms with E-state index in [0.29, 0.717) is 12.5 Å². The number of ether oxygens (including phenoxy) is 2. The Hall–Kier alpha value is -2.95. The van der Waals surface area contributed by atoms with E-state index in [0.717, 1.165) is 39.2 Å². The van der Waals surface area contributed by atoms with Crippen LogP contribution in [0, 0.1) is 23.7 Å². The van der Waals surface area contributed by atoms with Crippen LogP contribution in [0.1, 0.15) is 61.6 Å². The highest BCUT2D eigenvalue weighted by Crippen LogP contribution is 2.62. The molecule has 0 aliphatic heterocycles. The minimum Gasteiger partial charge on any atom is -0.497 e. The van der Waals surface area contributed by atoms with E-state index in [2.05, 4.69) is 42.8 Å². The van der Waals surface area contributed by atoms with Gasteiger partial charge in [0, 0.05) is 23.7 Å². The number of rotatable bonds is 6. The molecule has 1 heterocycles. The minimum atomic E-state index is 0.0242. The second-order valence-corrected chi connectivity index (χ2v) is 11.1. The molecule has 1 N–H and O–H groups in total. The summed E-state index contributed by atoms with van der Waals surface area (Å²) >= 11 is 0. The van der Waals surface area contributed by atoms with Crippen molar-refractivity contribution in [3.05, 3.63) is 59.3 Å². The SMILES string of the molecule is COc1ccc(Cn2c(C)c(C(=O)NC3C4(C)CCC(C4)C3(C)C)c3cccc(OC)c32)cc1. The van der Waals surface area contributed by atoms with Crippen LogP contribution >= 0.6 is 0 Å². The molecule has 1 aromatic heterocycles. The maximum Gasteiger partial charge on any atom is 0.253 e. The molecule has 3 atom stereocenters. The molecule has 2 aliphatic rings. The van der Waals surface area contributed by atoms with E-state index in [1.165, 1.54) is 19.3 Å². The van der Waals surface area contributed by atoms with Crippen LogP contribution in [0.15, 0.2) is 42.5 Å². The zero-order valence-corrected chi connectivity index (χ0v) is 21.2. The topological polar surface area (TPSA) is 52.5 Å². The van der Waals surface area contributed by atoms with E-state index >= 15 is 0 Å². The quantitative estimate of drug-likeness (QED) is 0.494. The van der Waals surface area contributed by atoms with Gasteiger partial charge in [-0.3, -0.25) is 4.79 Å². The van der Waals surface area contributed by atoms with E-state index in [1.54, 1.807) is 14.2 Å². The second kappa shape index (κ2) is 8.07. The molecular formula is C29H36N2O3. The summed E-state index contributed by atoms with van der Waals surface area (Å²) in [7, 11) is 3.36. The van der Waals surface area contributed by atoms with Gasteiger partial charge in [0.1, 0.15) is 11.5 Å². The third-order valence-electron chi connectivity index (χ3n) is 8.80. The highest BCUT2D eigenvalue weighted by molar-refractivity contribution is 6.10. The van der Waals surface area contributed by atoms with Crippen molar-refractivity contribution in [2.75, 3.05) is 14.2 Å². The van der Waals surface area contributed by atoms with Gasteiger partial charge in [0.05, 0.1) is 25.3 Å². The van der Waals surface area contributed by atoms with Gasteiger partial charge < -0.3 is 19.4 Å². The van der Waals surface area contributed by atoms with Crippen LogP contribution in [0.25, 0.3) is 10.9 Å². The molecule has 5 nitrogen and oxygen atoms in total. The zero-order chi connectivity index (χ0) is 24.3. The molecule has 0 radical (unpaired) electrons. The number of amides is 1. The summed E-state index contributed by atoms with van der Waals surface area (Å²) in [5, 5.41) is 4.45. The van der Waals surface area contributed by atoms with Crippen LogP contribution < -0.4 is 14.8 Å². The maximum atomic E-state index is 13.9. The van der Waals surface area contributed by atoms with Gasteiger partial charge in [-0.2, -0.15) is 0 Å². The lowest BCUT2D eigenvalue weighted by molar-refractivity contribution is 0.0738. The molecule has 2 saturated carbocycles. The lowest BCUT2D eigenvalue weighted by Gasteiger charge is -2.43. The number of aromatic nitrogens is 1. The Morgan fingerprint density at radius 3 is 2.44 bits per heavy atom. The Labute approximate surface area is 202 Å². The van der Waals surface area contributed by atoms with E-state index in [9.17, 15) is 4.79 Å². The van der Waals surface area contributed by atoms with Crippen molar-refractivity contribution in [3.8, 4) is 11.5 Å². The monoisotopic (exact) mass is 460 g/mol. The molecule has 2 bridgehead atoms. The molecule has 0 saturated heterocycles. The number of carbonyl (C=O) groups excluding carboxylic acids is 1. The van der Waals surface area contributed by atoms with E-state index in [1.807, 2.05) is 37.3 Å². The van der Waals surface area contributed by atoms with Crippen molar-refractivity contribution in [1.82, 2.24) is 9.88 Å². The summed E-state index contributed by atoms with van der Waals surface area (Å²) < 4.78 is 13.3. The van der Waals surface area contributed by atoms with Crippen LogP contribution in [0.2, 0.25) is 0 Å². The lowest BCUT2D eigenvalue weighted by Crippen LogP contribution is -2.52. The van der Waals surface area contributed by atoms with Gasteiger partial charge in [0.25, 0.3) is 5.91 Å². The largest absolute Gasteiger partial charge is 0.497 e. The number of nitrogens with one attached hydrogen (secondary N) is 1. The summed E-state index contributed by atoms with van der Waals surface area (Å²) in [6.45, 7) is 9.71. The van der Waals surface area contributed by atoms with Gasteiger partial charge in [-0.1, -0.05) is 45.0 Å². The molecule has 5 heteroatoms. The fraction of sp³-hybridized carbons (Fsp3) is 0.483. The zero-order valence-electron chi connectivity index (χ0n) is 21.2. The van der Waals surface area contributed by atoms with Crippen molar-refractivity contribution in [2.24, 2.45) is 16.7 Å². The van der Waals surface area contributed by atoms with Crippen molar-refractivity contribution in [2.45, 2.75) is 59.5 Å². The summed E-state index contributed by atoms with van der Waals surface area (Å²) in [6, 6.07) is 14.2. The van der Waals surface area contributed by atoms with Crippen LogP contribution in [0.4, 0.5) is 0 Å². The fourth-order valence-electron chi connectivity index (χ4n) is 6.93. The second-order valence-electron chi connectivity index (χ2n) is 11.1. The Balaban J connectivity index is 1.56. The predicted octanol–water partition coefficient (Wildman–Crippen LogP) is 5.96. The lowest BCUT2D eigenvalue weighted by atomic mass is 9.68. The molecule has 2 aliphatic carbocycles. The van der Waals surface area contributed by atoms with Gasteiger partial charge in [0.15, 0.2) is 0 Å². The van der Waals surface area contributed by atoms with Crippen molar-refractivity contribution in [3.63, 3.8) is 0 Å². The van der Waals surface area contributed by atoms with Crippen LogP contribution in [0.3, 0.4) is 0 Å². The summed E-state index contributed by atoms with van der Waals surface area (Å²) in [4.78, 5) is 13.9. The summed E-state index contributed by atoms with van der Waals surface area (Å²) in [5.74, 6) is 2.31. The van der Waals surface area contributed by atoms with Crippen molar-refractivity contribution >= 4 is 16.8 Å². The molecule has 5 rings (SSSR count). The Morgan fingerprint density at radius 2 is 1.82 bits per heavy atom. The molecular weight excluding hydrogens is 424 g/mol. The molecule has 34 heavy (non-hydrogen) atoms. The van der Waals surface area contributed by atoms with Crippen LogP contribution in [-0.4, -0.2) is 30.7 Å².